The number of benzene rings is 1. The summed E-state index contributed by atoms with van der Waals surface area (Å²) in [6.07, 6.45) is 4.68. The van der Waals surface area contributed by atoms with Crippen LogP contribution in [0.15, 0.2) is 48.8 Å². The second kappa shape index (κ2) is 5.60. The van der Waals surface area contributed by atoms with Crippen LogP contribution in [0.3, 0.4) is 0 Å². The van der Waals surface area contributed by atoms with Crippen molar-refractivity contribution in [1.82, 2.24) is 4.98 Å². The van der Waals surface area contributed by atoms with Crippen molar-refractivity contribution in [2.24, 2.45) is 0 Å². The molecule has 0 radical (unpaired) electrons. The number of aromatic nitrogens is 1. The molecular formula is C15H17NO. The molecule has 1 heterocycles. The molecule has 1 unspecified atom stereocenters. The summed E-state index contributed by atoms with van der Waals surface area (Å²) in [4.78, 5) is 4.09. The molecule has 0 aliphatic heterocycles. The first kappa shape index (κ1) is 11.8. The van der Waals surface area contributed by atoms with Gasteiger partial charge in [0.2, 0.25) is 0 Å². The molecule has 2 rings (SSSR count). The fourth-order valence-corrected chi connectivity index (χ4v) is 2.01. The molecular weight excluding hydrogens is 210 g/mol. The molecule has 1 N–H and O–H groups in total. The van der Waals surface area contributed by atoms with Crippen LogP contribution in [0, 0.1) is 0 Å². The molecule has 0 fully saturated rings. The molecule has 0 amide bonds. The van der Waals surface area contributed by atoms with Gasteiger partial charge in [0.05, 0.1) is 6.10 Å². The van der Waals surface area contributed by atoms with Crippen molar-refractivity contribution in [2.45, 2.75) is 25.9 Å². The van der Waals surface area contributed by atoms with E-state index in [-0.39, 0.29) is 0 Å². The van der Waals surface area contributed by atoms with E-state index in [0.717, 1.165) is 23.1 Å². The molecule has 1 atom stereocenters. The number of hydrogen-bond acceptors (Lipinski definition) is 2. The number of nitrogens with zero attached hydrogens (tertiary/aromatic N) is 1. The van der Waals surface area contributed by atoms with Gasteiger partial charge in [-0.25, -0.2) is 0 Å². The number of rotatable bonds is 4. The zero-order valence-corrected chi connectivity index (χ0v) is 10.0. The second-order valence-electron chi connectivity index (χ2n) is 4.13. The largest absolute Gasteiger partial charge is 0.388 e. The van der Waals surface area contributed by atoms with E-state index in [1.165, 1.54) is 0 Å². The molecule has 2 nitrogen and oxygen atoms in total. The monoisotopic (exact) mass is 227 g/mol. The van der Waals surface area contributed by atoms with Crippen molar-refractivity contribution in [3.8, 4) is 0 Å². The fraction of sp³-hybridized carbons (Fsp3) is 0.267. The van der Waals surface area contributed by atoms with E-state index in [1.54, 1.807) is 6.20 Å². The van der Waals surface area contributed by atoms with Gasteiger partial charge in [-0.2, -0.15) is 0 Å². The van der Waals surface area contributed by atoms with Gasteiger partial charge in [-0.05, 0) is 29.2 Å². The van der Waals surface area contributed by atoms with Crippen LogP contribution in [-0.2, 0) is 12.8 Å². The van der Waals surface area contributed by atoms with Crippen LogP contribution in [0.5, 0.6) is 0 Å². The lowest BCUT2D eigenvalue weighted by Gasteiger charge is -2.14. The van der Waals surface area contributed by atoms with E-state index in [9.17, 15) is 5.11 Å². The Morgan fingerprint density at radius 2 is 1.94 bits per heavy atom. The first-order chi connectivity index (χ1) is 8.31. The van der Waals surface area contributed by atoms with Gasteiger partial charge >= 0.3 is 0 Å². The van der Waals surface area contributed by atoms with E-state index in [1.807, 2.05) is 42.6 Å². The average molecular weight is 227 g/mol. The summed E-state index contributed by atoms with van der Waals surface area (Å²) in [5.74, 6) is 0. The number of aliphatic hydroxyl groups is 1. The van der Waals surface area contributed by atoms with Gasteiger partial charge in [0, 0.05) is 18.8 Å². The SMILES string of the molecule is CCc1cnccc1C(O)Cc1ccccc1. The van der Waals surface area contributed by atoms with E-state index < -0.39 is 6.10 Å². The summed E-state index contributed by atoms with van der Waals surface area (Å²) in [5, 5.41) is 10.3. The van der Waals surface area contributed by atoms with Crippen LogP contribution in [0.1, 0.15) is 29.7 Å². The zero-order valence-electron chi connectivity index (χ0n) is 10.0. The Hall–Kier alpha value is -1.67. The third-order valence-electron chi connectivity index (χ3n) is 2.95. The number of aryl methyl sites for hydroxylation is 1. The van der Waals surface area contributed by atoms with Gasteiger partial charge < -0.3 is 5.11 Å². The maximum Gasteiger partial charge on any atom is 0.0834 e. The van der Waals surface area contributed by atoms with Crippen molar-refractivity contribution in [1.29, 1.82) is 0 Å². The first-order valence-corrected chi connectivity index (χ1v) is 5.96. The molecule has 2 aromatic rings. The highest BCUT2D eigenvalue weighted by Crippen LogP contribution is 2.21. The van der Waals surface area contributed by atoms with Gasteiger partial charge in [-0.3, -0.25) is 4.98 Å². The Morgan fingerprint density at radius 1 is 1.18 bits per heavy atom. The minimum atomic E-state index is -0.449. The van der Waals surface area contributed by atoms with Gasteiger partial charge in [-0.15, -0.1) is 0 Å². The summed E-state index contributed by atoms with van der Waals surface area (Å²) in [6, 6.07) is 12.0. The molecule has 1 aromatic carbocycles. The molecule has 17 heavy (non-hydrogen) atoms. The third-order valence-corrected chi connectivity index (χ3v) is 2.95. The van der Waals surface area contributed by atoms with Crippen LogP contribution in [0.25, 0.3) is 0 Å². The van der Waals surface area contributed by atoms with Crippen molar-refractivity contribution in [2.75, 3.05) is 0 Å². The Bertz CT molecular complexity index is 467. The molecule has 0 saturated heterocycles. The highest BCUT2D eigenvalue weighted by Gasteiger charge is 2.11. The van der Waals surface area contributed by atoms with Crippen molar-refractivity contribution in [3.05, 3.63) is 65.5 Å². The Labute approximate surface area is 102 Å². The van der Waals surface area contributed by atoms with Crippen LogP contribution < -0.4 is 0 Å². The highest BCUT2D eigenvalue weighted by molar-refractivity contribution is 5.27. The average Bonchev–Trinajstić information content (AvgIpc) is 2.40. The minimum Gasteiger partial charge on any atom is -0.388 e. The van der Waals surface area contributed by atoms with Crippen molar-refractivity contribution in [3.63, 3.8) is 0 Å². The lowest BCUT2D eigenvalue weighted by atomic mass is 9.97. The number of pyridine rings is 1. The van der Waals surface area contributed by atoms with E-state index in [2.05, 4.69) is 11.9 Å². The normalized spacial score (nSPS) is 12.4. The summed E-state index contributed by atoms with van der Waals surface area (Å²) >= 11 is 0. The van der Waals surface area contributed by atoms with Crippen LogP contribution in [0.2, 0.25) is 0 Å². The van der Waals surface area contributed by atoms with Crippen LogP contribution >= 0.6 is 0 Å². The molecule has 88 valence electrons. The summed E-state index contributed by atoms with van der Waals surface area (Å²) in [6.45, 7) is 2.08. The molecule has 1 aromatic heterocycles. The van der Waals surface area contributed by atoms with E-state index in [4.69, 9.17) is 0 Å². The maximum absolute atomic E-state index is 10.3. The second-order valence-corrected chi connectivity index (χ2v) is 4.13. The standard InChI is InChI=1S/C15H17NO/c1-2-13-11-16-9-8-14(13)15(17)10-12-6-4-3-5-7-12/h3-9,11,15,17H,2,10H2,1H3. The lowest BCUT2D eigenvalue weighted by molar-refractivity contribution is 0.177. The molecule has 2 heteroatoms. The molecule has 0 saturated carbocycles. The summed E-state index contributed by atoms with van der Waals surface area (Å²) in [5.41, 5.74) is 3.26. The Morgan fingerprint density at radius 3 is 2.65 bits per heavy atom. The zero-order chi connectivity index (χ0) is 12.1. The van der Waals surface area contributed by atoms with Crippen molar-refractivity contribution < 1.29 is 5.11 Å². The van der Waals surface area contributed by atoms with Crippen LogP contribution in [-0.4, -0.2) is 10.1 Å². The quantitative estimate of drug-likeness (QED) is 0.871. The van der Waals surface area contributed by atoms with Crippen LogP contribution in [0.4, 0.5) is 0 Å². The maximum atomic E-state index is 10.3. The molecule has 0 aliphatic carbocycles. The molecule has 0 spiro atoms. The van der Waals surface area contributed by atoms with Crippen molar-refractivity contribution >= 4 is 0 Å². The predicted octanol–water partition coefficient (Wildman–Crippen LogP) is 2.92. The lowest BCUT2D eigenvalue weighted by Crippen LogP contribution is -2.05. The van der Waals surface area contributed by atoms with E-state index in [0.29, 0.717) is 6.42 Å². The number of aliphatic hydroxyl groups excluding tert-OH is 1. The Balaban J connectivity index is 2.17. The minimum absolute atomic E-state index is 0.449. The predicted molar refractivity (Wildman–Crippen MR) is 68.7 cm³/mol. The highest BCUT2D eigenvalue weighted by atomic mass is 16.3. The number of hydrogen-bond donors (Lipinski definition) is 1. The first-order valence-electron chi connectivity index (χ1n) is 5.96. The van der Waals surface area contributed by atoms with Gasteiger partial charge in [0.1, 0.15) is 0 Å². The smallest absolute Gasteiger partial charge is 0.0834 e. The fourth-order valence-electron chi connectivity index (χ4n) is 2.01. The van der Waals surface area contributed by atoms with Gasteiger partial charge in [0.15, 0.2) is 0 Å². The van der Waals surface area contributed by atoms with Gasteiger partial charge in [-0.1, -0.05) is 37.3 Å². The summed E-state index contributed by atoms with van der Waals surface area (Å²) in [7, 11) is 0. The van der Waals surface area contributed by atoms with Gasteiger partial charge in [0.25, 0.3) is 0 Å². The molecule has 0 aliphatic rings. The Kier molecular flexibility index (Phi) is 3.89. The third kappa shape index (κ3) is 2.92. The molecule has 0 bridgehead atoms. The summed E-state index contributed by atoms with van der Waals surface area (Å²) < 4.78 is 0. The topological polar surface area (TPSA) is 33.1 Å². The van der Waals surface area contributed by atoms with E-state index >= 15 is 0 Å².